The predicted octanol–water partition coefficient (Wildman–Crippen LogP) is 3.81. The minimum atomic E-state index is -3.76. The maximum absolute atomic E-state index is 13.5. The van der Waals surface area contributed by atoms with Crippen molar-refractivity contribution in [3.8, 4) is 0 Å². The van der Waals surface area contributed by atoms with E-state index in [1.165, 1.54) is 42.5 Å². The first kappa shape index (κ1) is 38.9. The summed E-state index contributed by atoms with van der Waals surface area (Å²) in [5.41, 5.74) is 2.47. The molecule has 0 aliphatic carbocycles. The van der Waals surface area contributed by atoms with Crippen molar-refractivity contribution in [3.05, 3.63) is 72.1 Å². The van der Waals surface area contributed by atoms with Crippen LogP contribution in [0.1, 0.15) is 48.7 Å². The molecule has 0 spiro atoms. The molecule has 1 fully saturated rings. The van der Waals surface area contributed by atoms with Gasteiger partial charge in [0.2, 0.25) is 20.7 Å². The number of nitrogens with two attached hydrogens (primary N) is 1. The maximum atomic E-state index is 13.5. The van der Waals surface area contributed by atoms with Crippen molar-refractivity contribution < 1.29 is 37.7 Å². The van der Waals surface area contributed by atoms with Crippen molar-refractivity contribution >= 4 is 60.4 Å². The van der Waals surface area contributed by atoms with E-state index in [9.17, 15) is 28.0 Å². The number of alkyl halides is 2. The van der Waals surface area contributed by atoms with Crippen LogP contribution in [0.5, 0.6) is 0 Å². The van der Waals surface area contributed by atoms with E-state index in [1.807, 2.05) is 24.3 Å². The van der Waals surface area contributed by atoms with Gasteiger partial charge in [-0.1, -0.05) is 18.2 Å². The summed E-state index contributed by atoms with van der Waals surface area (Å²) in [6.07, 6.45) is 7.24. The highest BCUT2D eigenvalue weighted by molar-refractivity contribution is 7.46. The van der Waals surface area contributed by atoms with E-state index >= 15 is 0 Å². The number of hydrogen-bond acceptors (Lipinski definition) is 10. The second-order valence-corrected chi connectivity index (χ2v) is 12.5. The Bertz CT molecular complexity index is 1750. The monoisotopic (exact) mass is 699 g/mol. The summed E-state index contributed by atoms with van der Waals surface area (Å²) in [7, 11) is 0.403. The predicted molar refractivity (Wildman–Crippen MR) is 183 cm³/mol. The van der Waals surface area contributed by atoms with E-state index in [4.69, 9.17) is 15.5 Å². The maximum Gasteiger partial charge on any atom is 0.339 e. The van der Waals surface area contributed by atoms with Crippen molar-refractivity contribution in [1.82, 2.24) is 25.0 Å². The molecule has 262 valence electrons. The van der Waals surface area contributed by atoms with Gasteiger partial charge in [-0.25, -0.2) is 4.98 Å². The summed E-state index contributed by atoms with van der Waals surface area (Å²) >= 11 is 0. The molecular formula is C33H40F2N7O6P. The summed E-state index contributed by atoms with van der Waals surface area (Å²) in [6.45, 7) is 4.08. The third-order valence-corrected chi connectivity index (χ3v) is 8.73. The van der Waals surface area contributed by atoms with Crippen molar-refractivity contribution in [2.45, 2.75) is 44.3 Å². The fourth-order valence-corrected chi connectivity index (χ4v) is 5.47. The van der Waals surface area contributed by atoms with Crippen LogP contribution < -0.4 is 10.6 Å². The smallest absolute Gasteiger partial charge is 0.339 e. The standard InChI is InChI=1S/C12H22N2O2.C11H9F2N2O3P.C10H9N3O/c1-11(16)14(8-4-10-15)9-6-12-5-3-7-13(12)2;12-11(13,19(17)18)7-3-1-6-2-4-8(10(14)16)15-9(6)5-7;1-13(7-14)9-2-3-10-8(6-9)4-5-11-12-10/h10,12H,3-9H2,1-2H3;1-5,17-18H,(H2,14,16);2-7H,1H3. The molecule has 0 radical (unpaired) electrons. The average Bonchev–Trinajstić information content (AvgIpc) is 3.51. The topological polar surface area (TPSA) is 183 Å². The highest BCUT2D eigenvalue weighted by Crippen LogP contribution is 2.52. The Morgan fingerprint density at radius 1 is 1.06 bits per heavy atom. The number of benzene rings is 2. The number of aldehydes is 1. The summed E-state index contributed by atoms with van der Waals surface area (Å²) in [6, 6.07) is 14.4. The molecule has 2 aromatic carbocycles. The van der Waals surface area contributed by atoms with Crippen LogP contribution in [-0.2, 0) is 20.0 Å². The Morgan fingerprint density at radius 2 is 1.80 bits per heavy atom. The van der Waals surface area contributed by atoms with Crippen LogP contribution in [0.3, 0.4) is 0 Å². The number of amides is 3. The molecule has 1 unspecified atom stereocenters. The number of halogens is 2. The zero-order valence-corrected chi connectivity index (χ0v) is 28.3. The molecule has 49 heavy (non-hydrogen) atoms. The molecule has 0 saturated carbocycles. The third kappa shape index (κ3) is 11.0. The molecule has 1 saturated heterocycles. The molecule has 3 amide bonds. The lowest BCUT2D eigenvalue weighted by Gasteiger charge is -2.25. The molecule has 0 bridgehead atoms. The molecule has 1 aliphatic heterocycles. The lowest BCUT2D eigenvalue weighted by Crippen LogP contribution is -2.35. The van der Waals surface area contributed by atoms with E-state index < -0.39 is 25.5 Å². The van der Waals surface area contributed by atoms with Crippen molar-refractivity contribution in [1.29, 1.82) is 0 Å². The number of fused-ring (bicyclic) bond motifs is 2. The van der Waals surface area contributed by atoms with Gasteiger partial charge in [0.1, 0.15) is 12.0 Å². The van der Waals surface area contributed by atoms with E-state index in [2.05, 4.69) is 27.1 Å². The summed E-state index contributed by atoms with van der Waals surface area (Å²) < 4.78 is 27.0. The minimum absolute atomic E-state index is 0.0526. The fourth-order valence-electron chi connectivity index (χ4n) is 5.10. The Hall–Kier alpha value is -4.56. The normalized spacial score (nSPS) is 14.4. The highest BCUT2D eigenvalue weighted by atomic mass is 31.2. The van der Waals surface area contributed by atoms with Crippen LogP contribution in [0.25, 0.3) is 21.8 Å². The summed E-state index contributed by atoms with van der Waals surface area (Å²) in [5, 5.41) is 9.24. The SMILES string of the molecule is CC(=O)N(CCC=O)CCC1CCCN1C.CN(C=O)c1ccc2nnccc2c1.NC(=O)c1ccc2ccc(C(F)(F)P(O)O)cc2n1. The highest BCUT2D eigenvalue weighted by Gasteiger charge is 2.41. The van der Waals surface area contributed by atoms with Gasteiger partial charge in [0.25, 0.3) is 5.91 Å². The quantitative estimate of drug-likeness (QED) is 0.154. The number of nitrogens with zero attached hydrogens (tertiary/aromatic N) is 6. The number of carbonyl (C=O) groups excluding carboxylic acids is 4. The largest absolute Gasteiger partial charge is 0.364 e. The Labute approximate surface area is 283 Å². The molecule has 1 atom stereocenters. The number of likely N-dealkylation sites (tertiary alicyclic amines) is 1. The molecular weight excluding hydrogens is 659 g/mol. The number of anilines is 1. The summed E-state index contributed by atoms with van der Waals surface area (Å²) in [4.78, 5) is 70.1. The summed E-state index contributed by atoms with van der Waals surface area (Å²) in [5.74, 6) is -0.701. The van der Waals surface area contributed by atoms with Gasteiger partial charge in [0.15, 0.2) is 0 Å². The van der Waals surface area contributed by atoms with Gasteiger partial charge in [-0.05, 0) is 69.3 Å². The number of primary amides is 1. The number of rotatable bonds is 11. The lowest BCUT2D eigenvalue weighted by molar-refractivity contribution is -0.129. The fraction of sp³-hybridized carbons (Fsp3) is 0.364. The van der Waals surface area contributed by atoms with Gasteiger partial charge in [0.05, 0.1) is 17.2 Å². The molecule has 2 aromatic heterocycles. The first-order chi connectivity index (χ1) is 23.3. The number of aromatic nitrogens is 3. The second kappa shape index (κ2) is 18.3. The van der Waals surface area contributed by atoms with E-state index in [0.29, 0.717) is 24.4 Å². The minimum Gasteiger partial charge on any atom is -0.364 e. The molecule has 5 rings (SSSR count). The molecule has 3 heterocycles. The van der Waals surface area contributed by atoms with E-state index in [-0.39, 0.29) is 17.1 Å². The Kier molecular flexibility index (Phi) is 14.5. The van der Waals surface area contributed by atoms with Crippen LogP contribution in [0.15, 0.2) is 60.8 Å². The van der Waals surface area contributed by atoms with Crippen LogP contribution in [-0.4, -0.2) is 99.1 Å². The van der Waals surface area contributed by atoms with Gasteiger partial charge in [-0.3, -0.25) is 14.4 Å². The zero-order valence-electron chi connectivity index (χ0n) is 27.4. The first-order valence-corrected chi connectivity index (χ1v) is 16.6. The average molecular weight is 700 g/mol. The molecule has 1 aliphatic rings. The van der Waals surface area contributed by atoms with Crippen molar-refractivity contribution in [2.24, 2.45) is 5.73 Å². The van der Waals surface area contributed by atoms with Gasteiger partial charge < -0.3 is 35.0 Å². The van der Waals surface area contributed by atoms with E-state index in [1.54, 1.807) is 25.1 Å². The Balaban J connectivity index is 0.000000201. The molecule has 13 nitrogen and oxygen atoms in total. The van der Waals surface area contributed by atoms with Gasteiger partial charge in [-0.15, -0.1) is 0 Å². The van der Waals surface area contributed by atoms with Crippen LogP contribution in [0.2, 0.25) is 0 Å². The Morgan fingerprint density at radius 3 is 2.41 bits per heavy atom. The van der Waals surface area contributed by atoms with E-state index in [0.717, 1.165) is 54.4 Å². The number of hydrogen-bond donors (Lipinski definition) is 3. The van der Waals surface area contributed by atoms with Gasteiger partial charge >= 0.3 is 5.66 Å². The van der Waals surface area contributed by atoms with Gasteiger partial charge in [0, 0.05) is 61.5 Å². The second-order valence-electron chi connectivity index (χ2n) is 11.3. The lowest BCUT2D eigenvalue weighted by atomic mass is 10.1. The van der Waals surface area contributed by atoms with Crippen LogP contribution in [0, 0.1) is 0 Å². The molecule has 4 aromatic rings. The number of carbonyl (C=O) groups is 4. The van der Waals surface area contributed by atoms with Crippen LogP contribution in [0.4, 0.5) is 14.5 Å². The van der Waals surface area contributed by atoms with Crippen molar-refractivity contribution in [3.63, 3.8) is 0 Å². The first-order valence-electron chi connectivity index (χ1n) is 15.3. The zero-order chi connectivity index (χ0) is 36.1. The third-order valence-electron chi connectivity index (χ3n) is 7.97. The molecule has 4 N–H and O–H groups in total. The van der Waals surface area contributed by atoms with Crippen molar-refractivity contribution in [2.75, 3.05) is 38.6 Å². The van der Waals surface area contributed by atoms with Crippen LogP contribution >= 0.6 is 8.38 Å². The number of pyridine rings is 1. The molecule has 16 heteroatoms. The van der Waals surface area contributed by atoms with Gasteiger partial charge in [-0.2, -0.15) is 19.0 Å².